The fraction of sp³-hybridized carbons (Fsp3) is 0.125. The summed E-state index contributed by atoms with van der Waals surface area (Å²) in [5.41, 5.74) is 10.8. The molecule has 5 heteroatoms. The summed E-state index contributed by atoms with van der Waals surface area (Å²) in [7, 11) is 0. The number of ketones is 1. The largest absolute Gasteiger partial charge is 0.383 e. The number of pyridine rings is 1. The Kier molecular flexibility index (Phi) is 2.27. The molecule has 0 radical (unpaired) electrons. The molecule has 5 nitrogen and oxygen atoms in total. The summed E-state index contributed by atoms with van der Waals surface area (Å²) >= 11 is 0. The molecular formula is C8H9N3O2. The second-order valence-electron chi connectivity index (χ2n) is 2.58. The summed E-state index contributed by atoms with van der Waals surface area (Å²) in [4.78, 5) is 25.4. The smallest absolute Gasteiger partial charge is 0.252 e. The first-order chi connectivity index (χ1) is 6.02. The van der Waals surface area contributed by atoms with E-state index in [1.165, 1.54) is 19.2 Å². The number of aromatic nitrogens is 1. The number of carbonyl (C=O) groups is 2. The number of amides is 1. The van der Waals surface area contributed by atoms with Gasteiger partial charge in [-0.05, 0) is 13.0 Å². The molecule has 13 heavy (non-hydrogen) atoms. The second-order valence-corrected chi connectivity index (χ2v) is 2.58. The van der Waals surface area contributed by atoms with E-state index in [-0.39, 0.29) is 17.2 Å². The third kappa shape index (κ3) is 1.81. The van der Waals surface area contributed by atoms with Gasteiger partial charge in [-0.25, -0.2) is 4.98 Å². The van der Waals surface area contributed by atoms with Crippen molar-refractivity contribution >= 4 is 17.5 Å². The van der Waals surface area contributed by atoms with Gasteiger partial charge in [0.2, 0.25) is 0 Å². The van der Waals surface area contributed by atoms with Gasteiger partial charge in [-0.3, -0.25) is 9.59 Å². The van der Waals surface area contributed by atoms with Crippen molar-refractivity contribution in [2.75, 3.05) is 5.73 Å². The molecule has 0 aliphatic rings. The van der Waals surface area contributed by atoms with E-state index in [1.54, 1.807) is 0 Å². The van der Waals surface area contributed by atoms with Crippen molar-refractivity contribution < 1.29 is 9.59 Å². The molecule has 1 aromatic heterocycles. The van der Waals surface area contributed by atoms with E-state index in [2.05, 4.69) is 4.98 Å². The van der Waals surface area contributed by atoms with Gasteiger partial charge in [0.1, 0.15) is 5.82 Å². The van der Waals surface area contributed by atoms with Crippen molar-refractivity contribution in [1.29, 1.82) is 0 Å². The Hall–Kier alpha value is -1.91. The van der Waals surface area contributed by atoms with Crippen molar-refractivity contribution in [3.8, 4) is 0 Å². The first-order valence-electron chi connectivity index (χ1n) is 3.58. The standard InChI is InChI=1S/C8H9N3O2/c1-4(12)5-2-6(8(10)13)7(9)11-3-5/h2-3H,1H3,(H2,9,11)(H2,10,13). The van der Waals surface area contributed by atoms with E-state index < -0.39 is 5.91 Å². The molecule has 0 bridgehead atoms. The maximum Gasteiger partial charge on any atom is 0.252 e. The second kappa shape index (κ2) is 3.22. The number of nitrogen functional groups attached to an aromatic ring is 1. The van der Waals surface area contributed by atoms with E-state index in [0.29, 0.717) is 5.56 Å². The highest BCUT2D eigenvalue weighted by Crippen LogP contribution is 2.10. The molecule has 1 amide bonds. The quantitative estimate of drug-likeness (QED) is 0.622. The van der Waals surface area contributed by atoms with Gasteiger partial charge in [0.25, 0.3) is 5.91 Å². The summed E-state index contributed by atoms with van der Waals surface area (Å²) in [6.07, 6.45) is 1.31. The number of rotatable bonds is 2. The normalized spacial score (nSPS) is 9.62. The molecule has 1 heterocycles. The van der Waals surface area contributed by atoms with Crippen LogP contribution in [0.4, 0.5) is 5.82 Å². The highest BCUT2D eigenvalue weighted by Gasteiger charge is 2.09. The third-order valence-electron chi connectivity index (χ3n) is 1.59. The zero-order valence-electron chi connectivity index (χ0n) is 7.07. The Morgan fingerprint density at radius 1 is 1.46 bits per heavy atom. The number of hydrogen-bond acceptors (Lipinski definition) is 4. The van der Waals surface area contributed by atoms with Crippen molar-refractivity contribution in [2.45, 2.75) is 6.92 Å². The summed E-state index contributed by atoms with van der Waals surface area (Å²) in [5.74, 6) is -0.833. The topological polar surface area (TPSA) is 99.1 Å². The van der Waals surface area contributed by atoms with Crippen molar-refractivity contribution in [2.24, 2.45) is 5.73 Å². The number of nitrogens with two attached hydrogens (primary N) is 2. The van der Waals surface area contributed by atoms with E-state index in [1.807, 2.05) is 0 Å². The van der Waals surface area contributed by atoms with Crippen LogP contribution in [0.5, 0.6) is 0 Å². The Morgan fingerprint density at radius 3 is 2.54 bits per heavy atom. The van der Waals surface area contributed by atoms with E-state index in [9.17, 15) is 9.59 Å². The number of hydrogen-bond donors (Lipinski definition) is 2. The number of carbonyl (C=O) groups excluding carboxylic acids is 2. The van der Waals surface area contributed by atoms with Crippen LogP contribution in [0.15, 0.2) is 12.3 Å². The average Bonchev–Trinajstić information content (AvgIpc) is 2.04. The predicted octanol–water partition coefficient (Wildman–Crippen LogP) is -0.0347. The molecule has 4 N–H and O–H groups in total. The molecule has 68 valence electrons. The van der Waals surface area contributed by atoms with Gasteiger partial charge in [0.05, 0.1) is 5.56 Å². The highest BCUT2D eigenvalue weighted by molar-refractivity contribution is 6.01. The lowest BCUT2D eigenvalue weighted by Crippen LogP contribution is -2.15. The van der Waals surface area contributed by atoms with Crippen LogP contribution in [-0.4, -0.2) is 16.7 Å². The molecule has 1 aromatic rings. The van der Waals surface area contributed by atoms with Crippen molar-refractivity contribution in [3.05, 3.63) is 23.4 Å². The fourth-order valence-corrected chi connectivity index (χ4v) is 0.865. The van der Waals surface area contributed by atoms with Gasteiger partial charge in [-0.15, -0.1) is 0 Å². The van der Waals surface area contributed by atoms with Crippen LogP contribution in [0.3, 0.4) is 0 Å². The van der Waals surface area contributed by atoms with Gasteiger partial charge in [-0.1, -0.05) is 0 Å². The van der Waals surface area contributed by atoms with Crippen LogP contribution in [0.2, 0.25) is 0 Å². The van der Waals surface area contributed by atoms with Gasteiger partial charge in [-0.2, -0.15) is 0 Å². The van der Waals surface area contributed by atoms with E-state index >= 15 is 0 Å². The van der Waals surface area contributed by atoms with E-state index in [0.717, 1.165) is 0 Å². The third-order valence-corrected chi connectivity index (χ3v) is 1.59. The minimum absolute atomic E-state index is 0.0394. The lowest BCUT2D eigenvalue weighted by molar-refractivity contribution is 0.100. The maximum atomic E-state index is 10.9. The Morgan fingerprint density at radius 2 is 2.08 bits per heavy atom. The highest BCUT2D eigenvalue weighted by atomic mass is 16.1. The lowest BCUT2D eigenvalue weighted by atomic mass is 10.1. The van der Waals surface area contributed by atoms with Crippen LogP contribution >= 0.6 is 0 Å². The molecule has 0 aliphatic carbocycles. The Labute approximate surface area is 74.7 Å². The van der Waals surface area contributed by atoms with Crippen LogP contribution in [-0.2, 0) is 0 Å². The maximum absolute atomic E-state index is 10.9. The van der Waals surface area contributed by atoms with Crippen molar-refractivity contribution in [1.82, 2.24) is 4.98 Å². The van der Waals surface area contributed by atoms with Crippen LogP contribution in [0.1, 0.15) is 27.6 Å². The number of primary amides is 1. The lowest BCUT2D eigenvalue weighted by Gasteiger charge is -2.01. The summed E-state index contributed by atoms with van der Waals surface area (Å²) in [5, 5.41) is 0. The molecule has 0 saturated carbocycles. The molecular weight excluding hydrogens is 170 g/mol. The Balaban J connectivity index is 3.27. The Bertz CT molecular complexity index is 374. The molecule has 0 fully saturated rings. The predicted molar refractivity (Wildman–Crippen MR) is 47.2 cm³/mol. The summed E-state index contributed by atoms with van der Waals surface area (Å²) < 4.78 is 0. The SMILES string of the molecule is CC(=O)c1cnc(N)c(C(N)=O)c1. The average molecular weight is 179 g/mol. The summed E-state index contributed by atoms with van der Waals surface area (Å²) in [6.45, 7) is 1.37. The number of nitrogens with zero attached hydrogens (tertiary/aromatic N) is 1. The summed E-state index contributed by atoms with van der Waals surface area (Å²) in [6, 6.07) is 1.34. The monoisotopic (exact) mass is 179 g/mol. The minimum atomic E-state index is -0.687. The molecule has 0 aliphatic heterocycles. The molecule has 1 rings (SSSR count). The zero-order valence-corrected chi connectivity index (χ0v) is 7.07. The first-order valence-corrected chi connectivity index (χ1v) is 3.58. The van der Waals surface area contributed by atoms with Crippen LogP contribution in [0, 0.1) is 0 Å². The zero-order chi connectivity index (χ0) is 10.0. The fourth-order valence-electron chi connectivity index (χ4n) is 0.865. The molecule has 0 atom stereocenters. The van der Waals surface area contributed by atoms with E-state index in [4.69, 9.17) is 11.5 Å². The number of anilines is 1. The van der Waals surface area contributed by atoms with Gasteiger partial charge >= 0.3 is 0 Å². The van der Waals surface area contributed by atoms with Gasteiger partial charge < -0.3 is 11.5 Å². The molecule has 0 unspecified atom stereocenters. The van der Waals surface area contributed by atoms with Gasteiger partial charge in [0.15, 0.2) is 5.78 Å². The van der Waals surface area contributed by atoms with Crippen LogP contribution < -0.4 is 11.5 Å². The van der Waals surface area contributed by atoms with Crippen molar-refractivity contribution in [3.63, 3.8) is 0 Å². The first kappa shape index (κ1) is 9.18. The number of Topliss-reactive ketones (excluding diaryl/α,β-unsaturated/α-hetero) is 1. The molecule has 0 spiro atoms. The molecule has 0 aromatic carbocycles. The van der Waals surface area contributed by atoms with Gasteiger partial charge in [0, 0.05) is 11.8 Å². The van der Waals surface area contributed by atoms with Crippen LogP contribution in [0.25, 0.3) is 0 Å². The minimum Gasteiger partial charge on any atom is -0.383 e. The molecule has 0 saturated heterocycles.